The zero-order valence-corrected chi connectivity index (χ0v) is 15.6. The molecule has 0 fully saturated rings. The minimum atomic E-state index is -0.263. The molecule has 140 valence electrons. The van der Waals surface area contributed by atoms with Gasteiger partial charge in [-0.25, -0.2) is 9.48 Å². The molecule has 3 amide bonds. The lowest BCUT2D eigenvalue weighted by atomic mass is 10.2. The van der Waals surface area contributed by atoms with Crippen molar-refractivity contribution in [3.05, 3.63) is 41.0 Å². The Morgan fingerprint density at radius 1 is 1.30 bits per heavy atom. The lowest BCUT2D eigenvalue weighted by Gasteiger charge is -2.33. The van der Waals surface area contributed by atoms with Crippen molar-refractivity contribution in [3.63, 3.8) is 0 Å². The van der Waals surface area contributed by atoms with Crippen molar-refractivity contribution in [2.75, 3.05) is 31.1 Å². The largest absolute Gasteiger partial charge is 0.355 e. The first kappa shape index (κ1) is 17.5. The number of hydrogen-bond donors (Lipinski definition) is 1. The molecule has 0 atom stereocenters. The van der Waals surface area contributed by atoms with Gasteiger partial charge in [-0.05, 0) is 30.7 Å². The first-order valence-corrected chi connectivity index (χ1v) is 9.22. The Labute approximate surface area is 161 Å². The summed E-state index contributed by atoms with van der Waals surface area (Å²) in [6.45, 7) is 3.53. The first-order chi connectivity index (χ1) is 13.1. The highest BCUT2D eigenvalue weighted by atomic mass is 35.5. The van der Waals surface area contributed by atoms with E-state index in [1.165, 1.54) is 4.90 Å². The van der Waals surface area contributed by atoms with Gasteiger partial charge in [-0.3, -0.25) is 19.6 Å². The molecule has 0 spiro atoms. The predicted molar refractivity (Wildman–Crippen MR) is 103 cm³/mol. The number of halogens is 1. The Bertz CT molecular complexity index is 920. The SMILES string of the molecule is CCCNC(=O)CN1C(=O)N2CCN=C2c2cnn(-c3ccc(Cl)cc3)c21. The third-order valence-corrected chi connectivity index (χ3v) is 4.74. The van der Waals surface area contributed by atoms with Gasteiger partial charge in [0.1, 0.15) is 12.4 Å². The number of fused-ring (bicyclic) bond motifs is 3. The first-order valence-electron chi connectivity index (χ1n) is 8.84. The summed E-state index contributed by atoms with van der Waals surface area (Å²) in [5.74, 6) is 0.950. The minimum absolute atomic E-state index is 0.0745. The summed E-state index contributed by atoms with van der Waals surface area (Å²) >= 11 is 5.99. The smallest absolute Gasteiger partial charge is 0.331 e. The van der Waals surface area contributed by atoms with Crippen LogP contribution in [0.25, 0.3) is 5.69 Å². The summed E-state index contributed by atoms with van der Waals surface area (Å²) in [6, 6.07) is 6.89. The quantitative estimate of drug-likeness (QED) is 0.853. The molecule has 0 saturated carbocycles. The molecular weight excluding hydrogens is 368 g/mol. The van der Waals surface area contributed by atoms with E-state index in [-0.39, 0.29) is 18.5 Å². The van der Waals surface area contributed by atoms with Crippen LogP contribution in [0.15, 0.2) is 35.5 Å². The lowest BCUT2D eigenvalue weighted by molar-refractivity contribution is -0.119. The van der Waals surface area contributed by atoms with Crippen LogP contribution in [0, 0.1) is 0 Å². The van der Waals surface area contributed by atoms with Crippen LogP contribution in [0.1, 0.15) is 18.9 Å². The van der Waals surface area contributed by atoms with Crippen molar-refractivity contribution in [1.29, 1.82) is 0 Å². The van der Waals surface area contributed by atoms with Gasteiger partial charge in [0.25, 0.3) is 0 Å². The van der Waals surface area contributed by atoms with E-state index in [1.807, 2.05) is 19.1 Å². The van der Waals surface area contributed by atoms with Crippen LogP contribution in [0.5, 0.6) is 0 Å². The maximum absolute atomic E-state index is 13.0. The van der Waals surface area contributed by atoms with Gasteiger partial charge < -0.3 is 5.32 Å². The number of urea groups is 1. The average Bonchev–Trinajstić information content (AvgIpc) is 3.31. The van der Waals surface area contributed by atoms with Crippen molar-refractivity contribution >= 4 is 35.2 Å². The Morgan fingerprint density at radius 2 is 2.07 bits per heavy atom. The number of rotatable bonds is 5. The summed E-state index contributed by atoms with van der Waals surface area (Å²) in [5, 5.41) is 7.88. The number of aliphatic imine (C=N–C) groups is 1. The van der Waals surface area contributed by atoms with Crippen LogP contribution in [0.2, 0.25) is 5.02 Å². The van der Waals surface area contributed by atoms with E-state index in [0.29, 0.717) is 36.3 Å². The number of nitrogens with one attached hydrogen (secondary N) is 1. The normalized spacial score (nSPS) is 15.5. The highest BCUT2D eigenvalue weighted by Crippen LogP contribution is 2.32. The number of aromatic nitrogens is 2. The molecule has 8 nitrogen and oxygen atoms in total. The Hall–Kier alpha value is -2.87. The topological polar surface area (TPSA) is 82.8 Å². The molecule has 4 rings (SSSR count). The Kier molecular flexibility index (Phi) is 4.57. The van der Waals surface area contributed by atoms with E-state index in [0.717, 1.165) is 17.7 Å². The number of nitrogens with zero attached hydrogens (tertiary/aromatic N) is 5. The molecule has 1 N–H and O–H groups in total. The van der Waals surface area contributed by atoms with Gasteiger partial charge in [0, 0.05) is 18.1 Å². The van der Waals surface area contributed by atoms with E-state index in [4.69, 9.17) is 11.6 Å². The molecule has 1 aromatic heterocycles. The molecule has 0 saturated heterocycles. The molecule has 3 heterocycles. The fraction of sp³-hybridized carbons (Fsp3) is 0.333. The van der Waals surface area contributed by atoms with Gasteiger partial charge in [-0.2, -0.15) is 5.10 Å². The van der Waals surface area contributed by atoms with Gasteiger partial charge in [0.2, 0.25) is 5.91 Å². The average molecular weight is 387 g/mol. The molecule has 0 unspecified atom stereocenters. The second-order valence-corrected chi connectivity index (χ2v) is 6.78. The Balaban J connectivity index is 1.77. The van der Waals surface area contributed by atoms with Crippen molar-refractivity contribution in [1.82, 2.24) is 20.0 Å². The van der Waals surface area contributed by atoms with Gasteiger partial charge in [0.15, 0.2) is 5.82 Å². The third-order valence-electron chi connectivity index (χ3n) is 4.49. The molecule has 9 heteroatoms. The molecule has 1 aromatic carbocycles. The molecule has 0 aliphatic carbocycles. The second-order valence-electron chi connectivity index (χ2n) is 6.35. The highest BCUT2D eigenvalue weighted by Gasteiger charge is 2.41. The van der Waals surface area contributed by atoms with Gasteiger partial charge in [0.05, 0.1) is 24.0 Å². The van der Waals surface area contributed by atoms with Crippen molar-refractivity contribution in [3.8, 4) is 5.69 Å². The third kappa shape index (κ3) is 3.06. The molecule has 0 bridgehead atoms. The van der Waals surface area contributed by atoms with Crippen molar-refractivity contribution < 1.29 is 9.59 Å². The van der Waals surface area contributed by atoms with E-state index >= 15 is 0 Å². The maximum atomic E-state index is 13.0. The molecule has 2 aromatic rings. The van der Waals surface area contributed by atoms with Crippen molar-refractivity contribution in [2.45, 2.75) is 13.3 Å². The van der Waals surface area contributed by atoms with E-state index in [2.05, 4.69) is 15.4 Å². The summed E-state index contributed by atoms with van der Waals surface area (Å²) in [4.78, 5) is 32.9. The van der Waals surface area contributed by atoms with Gasteiger partial charge in [-0.1, -0.05) is 18.5 Å². The lowest BCUT2D eigenvalue weighted by Crippen LogP contribution is -2.53. The zero-order valence-electron chi connectivity index (χ0n) is 14.9. The molecule has 2 aliphatic heterocycles. The summed E-state index contributed by atoms with van der Waals surface area (Å²) < 4.78 is 1.65. The fourth-order valence-corrected chi connectivity index (χ4v) is 3.36. The number of anilines is 1. The van der Waals surface area contributed by atoms with Crippen LogP contribution in [0.4, 0.5) is 10.6 Å². The van der Waals surface area contributed by atoms with E-state index in [1.54, 1.807) is 27.9 Å². The molecular formula is C18H19ClN6O2. The molecule has 27 heavy (non-hydrogen) atoms. The number of hydrogen-bond acceptors (Lipinski definition) is 4. The standard InChI is InChI=1S/C18H19ClN6O2/c1-2-7-20-15(26)11-24-17-14(16-21-8-9-23(16)18(24)27)10-22-25(17)13-5-3-12(19)4-6-13/h3-6,10H,2,7-9,11H2,1H3,(H,20,26). The van der Waals surface area contributed by atoms with Crippen LogP contribution in [-0.4, -0.2) is 58.6 Å². The Morgan fingerprint density at radius 3 is 2.81 bits per heavy atom. The van der Waals surface area contributed by atoms with Crippen LogP contribution in [-0.2, 0) is 4.79 Å². The monoisotopic (exact) mass is 386 g/mol. The minimum Gasteiger partial charge on any atom is -0.355 e. The number of amides is 3. The molecule has 0 radical (unpaired) electrons. The summed E-state index contributed by atoms with van der Waals surface area (Å²) in [7, 11) is 0. The van der Waals surface area contributed by atoms with Crippen LogP contribution in [0.3, 0.4) is 0 Å². The van der Waals surface area contributed by atoms with Gasteiger partial charge >= 0.3 is 6.03 Å². The van der Waals surface area contributed by atoms with E-state index in [9.17, 15) is 9.59 Å². The van der Waals surface area contributed by atoms with Gasteiger partial charge in [-0.15, -0.1) is 0 Å². The van der Waals surface area contributed by atoms with E-state index < -0.39 is 0 Å². The number of amidine groups is 1. The number of carbonyl (C=O) groups is 2. The predicted octanol–water partition coefficient (Wildman–Crippen LogP) is 2.05. The summed E-state index contributed by atoms with van der Waals surface area (Å²) in [6.07, 6.45) is 2.51. The maximum Gasteiger partial charge on any atom is 0.331 e. The van der Waals surface area contributed by atoms with Crippen LogP contribution >= 0.6 is 11.6 Å². The number of benzene rings is 1. The molecule has 2 aliphatic rings. The van der Waals surface area contributed by atoms with Crippen LogP contribution < -0.4 is 10.2 Å². The fourth-order valence-electron chi connectivity index (χ4n) is 3.24. The zero-order chi connectivity index (χ0) is 19.0. The second kappa shape index (κ2) is 7.03. The highest BCUT2D eigenvalue weighted by molar-refractivity contribution is 6.30. The summed E-state index contributed by atoms with van der Waals surface area (Å²) in [5.41, 5.74) is 1.49. The number of carbonyl (C=O) groups excluding carboxylic acids is 2. The van der Waals surface area contributed by atoms with Crippen molar-refractivity contribution in [2.24, 2.45) is 4.99 Å².